The first-order chi connectivity index (χ1) is 10.6. The van der Waals surface area contributed by atoms with Crippen LogP contribution in [0.1, 0.15) is 16.1 Å². The zero-order chi connectivity index (χ0) is 15.3. The maximum atomic E-state index is 12.7. The average Bonchev–Trinajstić information content (AvgIpc) is 3.11. The van der Waals surface area contributed by atoms with E-state index in [4.69, 9.17) is 4.74 Å². The Labute approximate surface area is 127 Å². The number of hydrogen-bond acceptors (Lipinski definition) is 4. The summed E-state index contributed by atoms with van der Waals surface area (Å²) in [4.78, 5) is 32.0. The van der Waals surface area contributed by atoms with Crippen LogP contribution in [0.15, 0.2) is 24.5 Å². The van der Waals surface area contributed by atoms with E-state index in [9.17, 15) is 9.59 Å². The molecule has 0 saturated carbocycles. The summed E-state index contributed by atoms with van der Waals surface area (Å²) in [7, 11) is 0. The van der Waals surface area contributed by atoms with Crippen molar-refractivity contribution in [3.8, 4) is 0 Å². The molecule has 2 aliphatic rings. The number of cyclic esters (lactones) is 1. The van der Waals surface area contributed by atoms with E-state index in [0.717, 1.165) is 11.2 Å². The highest BCUT2D eigenvalue weighted by Gasteiger charge is 2.39. The highest BCUT2D eigenvalue weighted by molar-refractivity contribution is 5.93. The first-order valence-electron chi connectivity index (χ1n) is 7.30. The number of fused-ring (bicyclic) bond motifs is 2. The summed E-state index contributed by atoms with van der Waals surface area (Å²) < 4.78 is 6.89. The number of hydrogen-bond donors (Lipinski definition) is 0. The zero-order valence-electron chi connectivity index (χ0n) is 12.2. The van der Waals surface area contributed by atoms with Crippen LogP contribution in [0.2, 0.25) is 0 Å². The van der Waals surface area contributed by atoms with E-state index in [1.165, 1.54) is 0 Å². The summed E-state index contributed by atoms with van der Waals surface area (Å²) in [5.74, 6) is -0.0953. The SMILES string of the molecule is Cc1cccn2cc(C(=O)N3CCN4C(=O)OC[C@H]4C3)nc12. The lowest BCUT2D eigenvalue weighted by molar-refractivity contribution is 0.0612. The number of ether oxygens (including phenoxy) is 1. The van der Waals surface area contributed by atoms with Gasteiger partial charge in [-0.05, 0) is 18.6 Å². The van der Waals surface area contributed by atoms with Crippen LogP contribution in [0.5, 0.6) is 0 Å². The Morgan fingerprint density at radius 3 is 3.09 bits per heavy atom. The molecule has 2 amide bonds. The second kappa shape index (κ2) is 4.72. The van der Waals surface area contributed by atoms with E-state index < -0.39 is 0 Å². The molecular weight excluding hydrogens is 284 g/mol. The van der Waals surface area contributed by atoms with Crippen LogP contribution in [0.25, 0.3) is 5.65 Å². The van der Waals surface area contributed by atoms with Gasteiger partial charge in [0.25, 0.3) is 5.91 Å². The molecule has 7 nitrogen and oxygen atoms in total. The van der Waals surface area contributed by atoms with Crippen molar-refractivity contribution in [3.05, 3.63) is 35.8 Å². The Morgan fingerprint density at radius 1 is 1.41 bits per heavy atom. The van der Waals surface area contributed by atoms with E-state index in [2.05, 4.69) is 4.98 Å². The van der Waals surface area contributed by atoms with E-state index in [1.54, 1.807) is 16.0 Å². The van der Waals surface area contributed by atoms with Gasteiger partial charge < -0.3 is 14.0 Å². The van der Waals surface area contributed by atoms with Gasteiger partial charge in [-0.2, -0.15) is 0 Å². The lowest BCUT2D eigenvalue weighted by Crippen LogP contribution is -2.53. The minimum absolute atomic E-state index is 0.0380. The van der Waals surface area contributed by atoms with Gasteiger partial charge in [-0.25, -0.2) is 9.78 Å². The number of nitrogens with zero attached hydrogens (tertiary/aromatic N) is 4. The number of aromatic nitrogens is 2. The minimum Gasteiger partial charge on any atom is -0.447 e. The molecule has 4 rings (SSSR count). The molecule has 0 spiro atoms. The molecule has 2 saturated heterocycles. The van der Waals surface area contributed by atoms with Gasteiger partial charge >= 0.3 is 6.09 Å². The summed E-state index contributed by atoms with van der Waals surface area (Å²) in [6.07, 6.45) is 3.36. The second-order valence-corrected chi connectivity index (χ2v) is 5.72. The number of carbonyl (C=O) groups is 2. The molecule has 0 unspecified atom stereocenters. The van der Waals surface area contributed by atoms with Crippen molar-refractivity contribution in [2.45, 2.75) is 13.0 Å². The third-order valence-corrected chi connectivity index (χ3v) is 4.30. The van der Waals surface area contributed by atoms with Gasteiger partial charge in [0.2, 0.25) is 0 Å². The molecule has 0 aromatic carbocycles. The fourth-order valence-electron chi connectivity index (χ4n) is 3.09. The number of piperazine rings is 1. The highest BCUT2D eigenvalue weighted by Crippen LogP contribution is 2.19. The van der Waals surface area contributed by atoms with Gasteiger partial charge in [-0.3, -0.25) is 9.69 Å². The molecule has 2 aromatic heterocycles. The lowest BCUT2D eigenvalue weighted by atomic mass is 10.2. The Bertz CT molecular complexity index is 769. The molecule has 0 bridgehead atoms. The van der Waals surface area contributed by atoms with E-state index in [1.807, 2.05) is 29.7 Å². The van der Waals surface area contributed by atoms with Crippen LogP contribution in [-0.4, -0.2) is 63.5 Å². The monoisotopic (exact) mass is 300 g/mol. The second-order valence-electron chi connectivity index (χ2n) is 5.72. The van der Waals surface area contributed by atoms with E-state index in [0.29, 0.717) is 31.9 Å². The fraction of sp³-hybridized carbons (Fsp3) is 0.400. The minimum atomic E-state index is -0.277. The molecule has 4 heterocycles. The maximum Gasteiger partial charge on any atom is 0.410 e. The molecule has 114 valence electrons. The zero-order valence-corrected chi connectivity index (χ0v) is 12.2. The summed E-state index contributed by atoms with van der Waals surface area (Å²) in [5, 5.41) is 0. The average molecular weight is 300 g/mol. The van der Waals surface area contributed by atoms with Crippen molar-refractivity contribution >= 4 is 17.6 Å². The summed E-state index contributed by atoms with van der Waals surface area (Å²) >= 11 is 0. The summed E-state index contributed by atoms with van der Waals surface area (Å²) in [6, 6.07) is 3.86. The van der Waals surface area contributed by atoms with Gasteiger partial charge in [0, 0.05) is 32.0 Å². The van der Waals surface area contributed by atoms with Crippen LogP contribution >= 0.6 is 0 Å². The predicted octanol–water partition coefficient (Wildman–Crippen LogP) is 0.919. The predicted molar refractivity (Wildman–Crippen MR) is 77.7 cm³/mol. The first kappa shape index (κ1) is 13.1. The van der Waals surface area contributed by atoms with Gasteiger partial charge in [0.15, 0.2) is 0 Å². The number of amides is 2. The molecule has 22 heavy (non-hydrogen) atoms. The number of imidazole rings is 1. The Balaban J connectivity index is 1.58. The van der Waals surface area contributed by atoms with Crippen LogP contribution in [0.3, 0.4) is 0 Å². The van der Waals surface area contributed by atoms with Crippen molar-refractivity contribution < 1.29 is 14.3 Å². The number of carbonyl (C=O) groups excluding carboxylic acids is 2. The van der Waals surface area contributed by atoms with Gasteiger partial charge in [-0.1, -0.05) is 6.07 Å². The largest absolute Gasteiger partial charge is 0.447 e. The van der Waals surface area contributed by atoms with Crippen LogP contribution in [0.4, 0.5) is 4.79 Å². The molecule has 1 atom stereocenters. The molecule has 2 aromatic rings. The van der Waals surface area contributed by atoms with Crippen molar-refractivity contribution in [2.75, 3.05) is 26.2 Å². The normalized spacial score (nSPS) is 21.1. The molecule has 0 aliphatic carbocycles. The quantitative estimate of drug-likeness (QED) is 0.785. The first-order valence-corrected chi connectivity index (χ1v) is 7.30. The smallest absolute Gasteiger partial charge is 0.410 e. The van der Waals surface area contributed by atoms with Crippen LogP contribution in [-0.2, 0) is 4.74 Å². The Hall–Kier alpha value is -2.57. The number of pyridine rings is 1. The third kappa shape index (κ3) is 1.93. The summed E-state index contributed by atoms with van der Waals surface area (Å²) in [6.45, 7) is 3.85. The Kier molecular flexibility index (Phi) is 2.82. The third-order valence-electron chi connectivity index (χ3n) is 4.30. The lowest BCUT2D eigenvalue weighted by Gasteiger charge is -2.34. The molecule has 0 N–H and O–H groups in total. The number of aryl methyl sites for hydroxylation is 1. The van der Waals surface area contributed by atoms with Crippen molar-refractivity contribution in [3.63, 3.8) is 0 Å². The molecule has 0 radical (unpaired) electrons. The van der Waals surface area contributed by atoms with Gasteiger partial charge in [0.1, 0.15) is 17.9 Å². The van der Waals surface area contributed by atoms with Crippen molar-refractivity contribution in [1.82, 2.24) is 19.2 Å². The van der Waals surface area contributed by atoms with E-state index in [-0.39, 0.29) is 18.0 Å². The maximum absolute atomic E-state index is 12.7. The molecule has 7 heteroatoms. The molecular formula is C15H16N4O3. The summed E-state index contributed by atoms with van der Waals surface area (Å²) in [5.41, 5.74) is 2.26. The van der Waals surface area contributed by atoms with Crippen molar-refractivity contribution in [2.24, 2.45) is 0 Å². The standard InChI is InChI=1S/C15H16N4O3/c1-10-3-2-4-17-8-12(16-13(10)17)14(20)18-5-6-19-11(7-18)9-22-15(19)21/h2-4,8,11H,5-7,9H2,1H3/t11-/m1/s1. The highest BCUT2D eigenvalue weighted by atomic mass is 16.6. The Morgan fingerprint density at radius 2 is 2.27 bits per heavy atom. The van der Waals surface area contributed by atoms with Crippen molar-refractivity contribution in [1.29, 1.82) is 0 Å². The topological polar surface area (TPSA) is 67.2 Å². The van der Waals surface area contributed by atoms with Gasteiger partial charge in [-0.15, -0.1) is 0 Å². The van der Waals surface area contributed by atoms with E-state index >= 15 is 0 Å². The molecule has 2 fully saturated rings. The number of rotatable bonds is 1. The molecule has 2 aliphatic heterocycles. The van der Waals surface area contributed by atoms with Crippen LogP contribution in [0, 0.1) is 6.92 Å². The fourth-order valence-corrected chi connectivity index (χ4v) is 3.09. The van der Waals surface area contributed by atoms with Gasteiger partial charge in [0.05, 0.1) is 6.04 Å². The van der Waals surface area contributed by atoms with Crippen LogP contribution < -0.4 is 0 Å².